The van der Waals surface area contributed by atoms with E-state index in [-0.39, 0.29) is 18.6 Å². The van der Waals surface area contributed by atoms with Crippen molar-refractivity contribution in [2.45, 2.75) is 31.8 Å². The summed E-state index contributed by atoms with van der Waals surface area (Å²) in [5.74, 6) is 0. The molecule has 1 aliphatic rings. The van der Waals surface area contributed by atoms with E-state index in [0.29, 0.717) is 5.56 Å². The summed E-state index contributed by atoms with van der Waals surface area (Å²) in [4.78, 5) is 49.6. The molecule has 3 rings (SSSR count). The van der Waals surface area contributed by atoms with Crippen molar-refractivity contribution in [3.8, 4) is 0 Å². The van der Waals surface area contributed by atoms with Crippen LogP contribution in [0.5, 0.6) is 0 Å². The fourth-order valence-corrected chi connectivity index (χ4v) is 2.23. The van der Waals surface area contributed by atoms with Gasteiger partial charge in [0, 0.05) is 30.4 Å². The Morgan fingerprint density at radius 2 is 2.00 bits per heavy atom. The average molecular weight is 354 g/mol. The van der Waals surface area contributed by atoms with E-state index in [2.05, 4.69) is 9.97 Å². The van der Waals surface area contributed by atoms with Gasteiger partial charge in [0.15, 0.2) is 0 Å². The SMILES string of the molecule is Cc1cn([C@H]2C[C@H](O)[C@@H](CO)O2)c(=O)[nH]c1=O.O=c1cc[nH]c(=O)[nH]1. The van der Waals surface area contributed by atoms with Crippen LogP contribution >= 0.6 is 0 Å². The second-order valence-electron chi connectivity index (χ2n) is 5.39. The Hall–Kier alpha value is -2.76. The third-order valence-electron chi connectivity index (χ3n) is 3.53. The predicted octanol–water partition coefficient (Wildman–Crippen LogP) is -2.45. The van der Waals surface area contributed by atoms with E-state index in [1.807, 2.05) is 4.98 Å². The van der Waals surface area contributed by atoms with Crippen LogP contribution in [0, 0.1) is 6.92 Å². The number of hydrogen-bond donors (Lipinski definition) is 5. The molecule has 0 spiro atoms. The lowest BCUT2D eigenvalue weighted by Gasteiger charge is -2.14. The zero-order chi connectivity index (χ0) is 18.6. The van der Waals surface area contributed by atoms with Crippen molar-refractivity contribution in [1.29, 1.82) is 0 Å². The van der Waals surface area contributed by atoms with E-state index in [4.69, 9.17) is 9.84 Å². The maximum absolute atomic E-state index is 11.6. The maximum atomic E-state index is 11.6. The summed E-state index contributed by atoms with van der Waals surface area (Å²) in [7, 11) is 0. The molecule has 2 aromatic heterocycles. The van der Waals surface area contributed by atoms with Crippen LogP contribution in [0.4, 0.5) is 0 Å². The fourth-order valence-electron chi connectivity index (χ4n) is 2.23. The molecule has 0 bridgehead atoms. The first-order valence-electron chi connectivity index (χ1n) is 7.36. The number of aliphatic hydroxyl groups excluding tert-OH is 2. The summed E-state index contributed by atoms with van der Waals surface area (Å²) < 4.78 is 6.54. The first kappa shape index (κ1) is 18.6. The number of rotatable bonds is 2. The predicted molar refractivity (Wildman–Crippen MR) is 85.4 cm³/mol. The molecule has 0 saturated carbocycles. The van der Waals surface area contributed by atoms with Gasteiger partial charge in [0.25, 0.3) is 11.1 Å². The lowest BCUT2D eigenvalue weighted by atomic mass is 10.2. The van der Waals surface area contributed by atoms with Gasteiger partial charge in [0.1, 0.15) is 12.3 Å². The van der Waals surface area contributed by atoms with Crippen LogP contribution in [-0.2, 0) is 4.74 Å². The van der Waals surface area contributed by atoms with E-state index in [9.17, 15) is 24.3 Å². The first-order valence-corrected chi connectivity index (χ1v) is 7.36. The molecule has 0 radical (unpaired) electrons. The Kier molecular flexibility index (Phi) is 5.85. The molecule has 25 heavy (non-hydrogen) atoms. The molecule has 3 heterocycles. The smallest absolute Gasteiger partial charge is 0.330 e. The summed E-state index contributed by atoms with van der Waals surface area (Å²) in [5.41, 5.74) is -1.50. The Bertz CT molecular complexity index is 916. The summed E-state index contributed by atoms with van der Waals surface area (Å²) in [6, 6.07) is 1.24. The molecule has 2 aromatic rings. The lowest BCUT2D eigenvalue weighted by Crippen LogP contribution is -2.33. The highest BCUT2D eigenvalue weighted by molar-refractivity contribution is 5.02. The van der Waals surface area contributed by atoms with Crippen molar-refractivity contribution in [3.05, 3.63) is 65.7 Å². The summed E-state index contributed by atoms with van der Waals surface area (Å²) in [6.45, 7) is 1.26. The Balaban J connectivity index is 0.000000236. The second-order valence-corrected chi connectivity index (χ2v) is 5.39. The molecule has 0 unspecified atom stereocenters. The zero-order valence-corrected chi connectivity index (χ0v) is 13.3. The van der Waals surface area contributed by atoms with Gasteiger partial charge < -0.3 is 19.9 Å². The van der Waals surface area contributed by atoms with Gasteiger partial charge >= 0.3 is 11.4 Å². The van der Waals surface area contributed by atoms with E-state index < -0.39 is 35.4 Å². The van der Waals surface area contributed by atoms with Gasteiger partial charge in [0.2, 0.25) is 0 Å². The third kappa shape index (κ3) is 4.62. The molecule has 1 saturated heterocycles. The van der Waals surface area contributed by atoms with Crippen molar-refractivity contribution >= 4 is 0 Å². The molecule has 1 fully saturated rings. The Morgan fingerprint density at radius 1 is 1.28 bits per heavy atom. The van der Waals surface area contributed by atoms with Gasteiger partial charge in [-0.15, -0.1) is 0 Å². The third-order valence-corrected chi connectivity index (χ3v) is 3.53. The quantitative estimate of drug-likeness (QED) is 0.398. The van der Waals surface area contributed by atoms with Gasteiger partial charge in [-0.1, -0.05) is 0 Å². The molecule has 0 aromatic carbocycles. The van der Waals surface area contributed by atoms with Crippen molar-refractivity contribution < 1.29 is 14.9 Å². The highest BCUT2D eigenvalue weighted by atomic mass is 16.5. The minimum atomic E-state index is -0.816. The molecule has 11 nitrogen and oxygen atoms in total. The highest BCUT2D eigenvalue weighted by Crippen LogP contribution is 2.27. The van der Waals surface area contributed by atoms with Crippen molar-refractivity contribution in [2.75, 3.05) is 6.61 Å². The van der Waals surface area contributed by atoms with Gasteiger partial charge in [-0.3, -0.25) is 24.1 Å². The molecule has 3 atom stereocenters. The monoisotopic (exact) mass is 354 g/mol. The van der Waals surface area contributed by atoms with Crippen LogP contribution in [0.1, 0.15) is 18.2 Å². The van der Waals surface area contributed by atoms with E-state index in [1.54, 1.807) is 6.92 Å². The van der Waals surface area contributed by atoms with Crippen LogP contribution in [0.15, 0.2) is 37.6 Å². The first-order chi connectivity index (χ1) is 11.8. The van der Waals surface area contributed by atoms with Crippen LogP contribution in [0.25, 0.3) is 0 Å². The van der Waals surface area contributed by atoms with Gasteiger partial charge in [0.05, 0.1) is 12.7 Å². The normalized spacial score (nSPS) is 22.3. The number of hydrogen-bond acceptors (Lipinski definition) is 7. The number of nitrogens with zero attached hydrogens (tertiary/aromatic N) is 1. The topological polar surface area (TPSA) is 170 Å². The van der Waals surface area contributed by atoms with Gasteiger partial charge in [-0.2, -0.15) is 0 Å². The van der Waals surface area contributed by atoms with Gasteiger partial charge in [-0.05, 0) is 6.92 Å². The van der Waals surface area contributed by atoms with Crippen molar-refractivity contribution in [3.63, 3.8) is 0 Å². The number of aryl methyl sites for hydroxylation is 1. The molecular formula is C14H18N4O7. The van der Waals surface area contributed by atoms with Crippen LogP contribution in [-0.4, -0.2) is 48.5 Å². The van der Waals surface area contributed by atoms with Crippen LogP contribution in [0.3, 0.4) is 0 Å². The molecule has 0 aliphatic carbocycles. The number of aliphatic hydroxyl groups is 2. The van der Waals surface area contributed by atoms with Gasteiger partial charge in [-0.25, -0.2) is 9.59 Å². The largest absolute Gasteiger partial charge is 0.394 e. The minimum Gasteiger partial charge on any atom is -0.394 e. The lowest BCUT2D eigenvalue weighted by molar-refractivity contribution is -0.0459. The van der Waals surface area contributed by atoms with Crippen LogP contribution in [0.2, 0.25) is 0 Å². The summed E-state index contributed by atoms with van der Waals surface area (Å²) >= 11 is 0. The maximum Gasteiger partial charge on any atom is 0.330 e. The average Bonchev–Trinajstić information content (AvgIpc) is 2.92. The molecule has 1 aliphatic heterocycles. The zero-order valence-electron chi connectivity index (χ0n) is 13.3. The Morgan fingerprint density at radius 3 is 2.52 bits per heavy atom. The molecular weight excluding hydrogens is 336 g/mol. The summed E-state index contributed by atoms with van der Waals surface area (Å²) in [6.07, 6.45) is 0.712. The standard InChI is InChI=1S/C10H14N2O5.C4H4N2O2/c1-5-3-12(10(16)11-9(5)15)8-2-6(14)7(4-13)17-8;7-3-1-2-5-4(8)6-3/h3,6-8,13-14H,2,4H2,1H3,(H,11,15,16);1-2H,(H2,5,6,7,8)/t6-,7+,8+;/m0./s1. The second kappa shape index (κ2) is 7.88. The van der Waals surface area contributed by atoms with E-state index in [0.717, 1.165) is 0 Å². The number of aromatic nitrogens is 4. The number of ether oxygens (including phenoxy) is 1. The Labute approximate surface area is 139 Å². The van der Waals surface area contributed by atoms with E-state index in [1.165, 1.54) is 23.0 Å². The summed E-state index contributed by atoms with van der Waals surface area (Å²) in [5, 5.41) is 18.5. The molecule has 0 amide bonds. The number of H-pyrrole nitrogens is 3. The van der Waals surface area contributed by atoms with Crippen LogP contribution < -0.4 is 22.5 Å². The molecule has 11 heteroatoms. The molecule has 5 N–H and O–H groups in total. The molecule has 136 valence electrons. The highest BCUT2D eigenvalue weighted by Gasteiger charge is 2.34. The fraction of sp³-hybridized carbons (Fsp3) is 0.429. The minimum absolute atomic E-state index is 0.205. The van der Waals surface area contributed by atoms with E-state index >= 15 is 0 Å². The van der Waals surface area contributed by atoms with Crippen molar-refractivity contribution in [2.24, 2.45) is 0 Å². The number of nitrogens with one attached hydrogen (secondary N) is 3. The van der Waals surface area contributed by atoms with Crippen molar-refractivity contribution in [1.82, 2.24) is 19.5 Å². The number of aromatic amines is 3.